The molecule has 188 valence electrons. The monoisotopic (exact) mass is 520 g/mol. The second-order valence-corrected chi connectivity index (χ2v) is 9.21. The van der Waals surface area contributed by atoms with Crippen molar-refractivity contribution in [1.29, 1.82) is 0 Å². The molecule has 0 aliphatic heterocycles. The number of hydrogen-bond acceptors (Lipinski definition) is 6. The van der Waals surface area contributed by atoms with E-state index in [9.17, 15) is 9.18 Å². The minimum Gasteiger partial charge on any atom is -0.494 e. The maximum atomic E-state index is 13.5. The lowest BCUT2D eigenvalue weighted by Crippen LogP contribution is -2.28. The fourth-order valence-electron chi connectivity index (χ4n) is 3.25. The maximum absolute atomic E-state index is 13.5. The van der Waals surface area contributed by atoms with Gasteiger partial charge in [-0.25, -0.2) is 9.38 Å². The molecule has 0 spiro atoms. The molecule has 1 amide bonds. The third-order valence-corrected chi connectivity index (χ3v) is 6.28. The van der Waals surface area contributed by atoms with Crippen molar-refractivity contribution in [2.24, 2.45) is 4.99 Å². The molecule has 0 bridgehead atoms. The van der Waals surface area contributed by atoms with Crippen LogP contribution in [0.2, 0.25) is 5.02 Å². The van der Waals surface area contributed by atoms with Gasteiger partial charge in [0.05, 0.1) is 19.4 Å². The minimum atomic E-state index is -0.273. The number of aromatic nitrogens is 1. The lowest BCUT2D eigenvalue weighted by atomic mass is 10.1. The lowest BCUT2D eigenvalue weighted by Gasteiger charge is -2.12. The van der Waals surface area contributed by atoms with Gasteiger partial charge in [-0.2, -0.15) is 0 Å². The molecule has 1 N–H and O–H groups in total. The average Bonchev–Trinajstić information content (AvgIpc) is 3.24. The summed E-state index contributed by atoms with van der Waals surface area (Å²) >= 11 is 7.61. The summed E-state index contributed by atoms with van der Waals surface area (Å²) < 4.78 is 26.4. The van der Waals surface area contributed by atoms with Crippen LogP contribution < -0.4 is 14.9 Å². The zero-order valence-corrected chi connectivity index (χ0v) is 21.7. The van der Waals surface area contributed by atoms with Gasteiger partial charge in [0.25, 0.3) is 0 Å². The van der Waals surface area contributed by atoms with E-state index in [-0.39, 0.29) is 18.3 Å². The third-order valence-electron chi connectivity index (χ3n) is 5.18. The largest absolute Gasteiger partial charge is 0.494 e. The maximum Gasteiger partial charge on any atom is 0.248 e. The molecule has 3 aromatic rings. The number of nitrogens with zero attached hydrogens (tertiary/aromatic N) is 3. The van der Waals surface area contributed by atoms with Gasteiger partial charge in [-0.05, 0) is 54.9 Å². The van der Waals surface area contributed by atoms with E-state index in [1.54, 1.807) is 45.5 Å². The number of halogens is 2. The molecule has 2 aromatic carbocycles. The first kappa shape index (κ1) is 26.9. The van der Waals surface area contributed by atoms with Gasteiger partial charge in [-0.3, -0.25) is 4.79 Å². The molecule has 7 nitrogen and oxygen atoms in total. The highest BCUT2D eigenvalue weighted by atomic mass is 35.5. The van der Waals surface area contributed by atoms with Crippen molar-refractivity contribution in [3.05, 3.63) is 63.5 Å². The van der Waals surface area contributed by atoms with Crippen molar-refractivity contribution in [3.8, 4) is 17.0 Å². The Morgan fingerprint density at radius 2 is 1.97 bits per heavy atom. The summed E-state index contributed by atoms with van der Waals surface area (Å²) in [4.78, 5) is 18.7. The quantitative estimate of drug-likeness (QED) is 0.361. The predicted molar refractivity (Wildman–Crippen MR) is 138 cm³/mol. The Hall–Kier alpha value is -2.72. The van der Waals surface area contributed by atoms with Crippen molar-refractivity contribution in [3.63, 3.8) is 0 Å². The van der Waals surface area contributed by atoms with Crippen LogP contribution in [0.1, 0.15) is 6.42 Å². The molecule has 0 saturated heterocycles. The Morgan fingerprint density at radius 1 is 1.20 bits per heavy atom. The Kier molecular flexibility index (Phi) is 10.3. The van der Waals surface area contributed by atoms with Crippen LogP contribution in [0.3, 0.4) is 0 Å². The SMILES string of the molecule is COc1cc(Cl)ccc1/N=c1\scc(-c2ccc(F)cc2)n1CCCNCCOCC(=O)N(C)C. The van der Waals surface area contributed by atoms with Crippen LogP contribution in [0, 0.1) is 5.82 Å². The van der Waals surface area contributed by atoms with Gasteiger partial charge in [0, 0.05) is 43.7 Å². The summed E-state index contributed by atoms with van der Waals surface area (Å²) in [6, 6.07) is 11.8. The molecule has 1 aromatic heterocycles. The Bertz CT molecular complexity index is 1180. The molecule has 0 unspecified atom stereocenters. The molecule has 0 aliphatic rings. The van der Waals surface area contributed by atoms with E-state index in [1.165, 1.54) is 28.4 Å². The normalized spacial score (nSPS) is 11.6. The first-order chi connectivity index (χ1) is 16.9. The van der Waals surface area contributed by atoms with Gasteiger partial charge in [-0.15, -0.1) is 11.3 Å². The lowest BCUT2D eigenvalue weighted by molar-refractivity contribution is -0.133. The van der Waals surface area contributed by atoms with Crippen LogP contribution in [0.15, 0.2) is 52.8 Å². The molecular weight excluding hydrogens is 491 g/mol. The van der Waals surface area contributed by atoms with E-state index >= 15 is 0 Å². The topological polar surface area (TPSA) is 68.1 Å². The molecule has 0 saturated carbocycles. The molecule has 1 heterocycles. The van der Waals surface area contributed by atoms with E-state index in [0.717, 1.165) is 29.0 Å². The van der Waals surface area contributed by atoms with Crippen LogP contribution >= 0.6 is 22.9 Å². The minimum absolute atomic E-state index is 0.0548. The third kappa shape index (κ3) is 7.90. The van der Waals surface area contributed by atoms with Gasteiger partial charge in [0.2, 0.25) is 5.91 Å². The van der Waals surface area contributed by atoms with Crippen LogP contribution in [0.25, 0.3) is 11.3 Å². The van der Waals surface area contributed by atoms with E-state index < -0.39 is 0 Å². The Balaban J connectivity index is 1.71. The average molecular weight is 521 g/mol. The zero-order valence-electron chi connectivity index (χ0n) is 20.1. The second-order valence-electron chi connectivity index (χ2n) is 7.93. The Labute approximate surface area is 213 Å². The van der Waals surface area contributed by atoms with E-state index in [2.05, 4.69) is 9.88 Å². The van der Waals surface area contributed by atoms with E-state index in [1.807, 2.05) is 11.4 Å². The standard InChI is InChI=1S/C25H30ClFN4O3S/c1-30(2)24(32)16-34-14-12-28-11-4-13-31-22(18-5-8-20(27)9-6-18)17-35-25(31)29-21-10-7-19(26)15-23(21)33-3/h5-10,15,17,28H,4,11-14,16H2,1-3H3/b29-25-. The summed E-state index contributed by atoms with van der Waals surface area (Å²) in [6.07, 6.45) is 0.840. The molecule has 35 heavy (non-hydrogen) atoms. The number of ether oxygens (including phenoxy) is 2. The molecule has 10 heteroatoms. The molecule has 0 fully saturated rings. The number of carbonyl (C=O) groups is 1. The number of nitrogens with one attached hydrogen (secondary N) is 1. The van der Waals surface area contributed by atoms with Gasteiger partial charge in [-0.1, -0.05) is 11.6 Å². The number of hydrogen-bond donors (Lipinski definition) is 1. The van der Waals surface area contributed by atoms with Crippen LogP contribution in [0.5, 0.6) is 5.75 Å². The number of methoxy groups -OCH3 is 1. The van der Waals surface area contributed by atoms with Gasteiger partial charge < -0.3 is 24.3 Å². The van der Waals surface area contributed by atoms with E-state index in [4.69, 9.17) is 26.1 Å². The number of benzene rings is 2. The van der Waals surface area contributed by atoms with Gasteiger partial charge >= 0.3 is 0 Å². The summed E-state index contributed by atoms with van der Waals surface area (Å²) in [7, 11) is 4.99. The molecule has 0 aliphatic carbocycles. The fourth-order valence-corrected chi connectivity index (χ4v) is 4.36. The van der Waals surface area contributed by atoms with Gasteiger partial charge in [0.1, 0.15) is 23.9 Å². The fraction of sp³-hybridized carbons (Fsp3) is 0.360. The van der Waals surface area contributed by atoms with Crippen molar-refractivity contribution < 1.29 is 18.7 Å². The first-order valence-corrected chi connectivity index (χ1v) is 12.5. The van der Waals surface area contributed by atoms with Gasteiger partial charge in [0.15, 0.2) is 4.80 Å². The first-order valence-electron chi connectivity index (χ1n) is 11.2. The Morgan fingerprint density at radius 3 is 2.69 bits per heavy atom. The van der Waals surface area contributed by atoms with Crippen LogP contribution in [0.4, 0.5) is 10.1 Å². The predicted octanol–water partition coefficient (Wildman–Crippen LogP) is 4.33. The zero-order chi connectivity index (χ0) is 25.2. The second kappa shape index (κ2) is 13.4. The number of thiazole rings is 1. The molecule has 3 rings (SSSR count). The highest BCUT2D eigenvalue weighted by Gasteiger charge is 2.10. The van der Waals surface area contributed by atoms with Crippen molar-refractivity contribution in [1.82, 2.24) is 14.8 Å². The summed E-state index contributed by atoms with van der Waals surface area (Å²) in [5.41, 5.74) is 2.56. The van der Waals surface area contributed by atoms with Crippen LogP contribution in [-0.2, 0) is 16.1 Å². The van der Waals surface area contributed by atoms with Crippen molar-refractivity contribution in [2.45, 2.75) is 13.0 Å². The van der Waals surface area contributed by atoms with Crippen LogP contribution in [-0.4, -0.2) is 62.9 Å². The number of carbonyl (C=O) groups excluding carboxylic acids is 1. The highest BCUT2D eigenvalue weighted by molar-refractivity contribution is 7.07. The van der Waals surface area contributed by atoms with E-state index in [0.29, 0.717) is 36.2 Å². The van der Waals surface area contributed by atoms with Crippen molar-refractivity contribution >= 4 is 34.5 Å². The smallest absolute Gasteiger partial charge is 0.248 e. The number of amides is 1. The molecule has 0 radical (unpaired) electrons. The summed E-state index contributed by atoms with van der Waals surface area (Å²) in [5.74, 6) is 0.265. The number of rotatable bonds is 12. The number of likely N-dealkylation sites (N-methyl/N-ethyl adjacent to an activating group) is 1. The summed E-state index contributed by atoms with van der Waals surface area (Å²) in [5, 5.41) is 5.94. The summed E-state index contributed by atoms with van der Waals surface area (Å²) in [6.45, 7) is 2.67. The van der Waals surface area contributed by atoms with Crippen molar-refractivity contribution in [2.75, 3.05) is 47.5 Å². The highest BCUT2D eigenvalue weighted by Crippen LogP contribution is 2.30. The molecular formula is C25H30ClFN4O3S. The molecule has 0 atom stereocenters.